The van der Waals surface area contributed by atoms with Gasteiger partial charge < -0.3 is 11.1 Å². The third kappa shape index (κ3) is 3.93. The van der Waals surface area contributed by atoms with Gasteiger partial charge in [-0.3, -0.25) is 14.9 Å². The smallest absolute Gasteiger partial charge is 0.292 e. The standard InChI is InChI=1S/C15H21N3O3/c1-10-3-2-4-11(7-10)9-17-13-8-12(15(16)19)5-6-14(13)18(20)21/h5-6,8,10-11,17H,2-4,7,9H2,1H3,(H2,16,19). The lowest BCUT2D eigenvalue weighted by molar-refractivity contribution is -0.384. The Morgan fingerprint density at radius 2 is 2.24 bits per heavy atom. The lowest BCUT2D eigenvalue weighted by Gasteiger charge is -2.27. The summed E-state index contributed by atoms with van der Waals surface area (Å²) >= 11 is 0. The monoisotopic (exact) mass is 291 g/mol. The van der Waals surface area contributed by atoms with E-state index in [2.05, 4.69) is 12.2 Å². The maximum Gasteiger partial charge on any atom is 0.292 e. The van der Waals surface area contributed by atoms with Gasteiger partial charge >= 0.3 is 0 Å². The Kier molecular flexibility index (Phi) is 4.77. The van der Waals surface area contributed by atoms with Gasteiger partial charge in [0.2, 0.25) is 5.91 Å². The van der Waals surface area contributed by atoms with Crippen molar-refractivity contribution in [1.29, 1.82) is 0 Å². The molecule has 3 N–H and O–H groups in total. The summed E-state index contributed by atoms with van der Waals surface area (Å²) < 4.78 is 0. The van der Waals surface area contributed by atoms with Crippen LogP contribution in [0, 0.1) is 22.0 Å². The summed E-state index contributed by atoms with van der Waals surface area (Å²) in [5, 5.41) is 14.2. The number of carbonyl (C=O) groups is 1. The fourth-order valence-corrected chi connectivity index (χ4v) is 2.99. The Labute approximate surface area is 123 Å². The Bertz CT molecular complexity index is 545. The summed E-state index contributed by atoms with van der Waals surface area (Å²) in [5.41, 5.74) is 5.85. The summed E-state index contributed by atoms with van der Waals surface area (Å²) in [6.45, 7) is 2.93. The summed E-state index contributed by atoms with van der Waals surface area (Å²) in [6, 6.07) is 4.17. The van der Waals surface area contributed by atoms with Crippen LogP contribution in [0.5, 0.6) is 0 Å². The van der Waals surface area contributed by atoms with Gasteiger partial charge in [-0.25, -0.2) is 0 Å². The van der Waals surface area contributed by atoms with Crippen LogP contribution in [-0.4, -0.2) is 17.4 Å². The van der Waals surface area contributed by atoms with Crippen LogP contribution in [0.2, 0.25) is 0 Å². The van der Waals surface area contributed by atoms with Crippen molar-refractivity contribution in [3.63, 3.8) is 0 Å². The average molecular weight is 291 g/mol. The number of nitro groups is 1. The fourth-order valence-electron chi connectivity index (χ4n) is 2.99. The molecule has 2 unspecified atom stereocenters. The van der Waals surface area contributed by atoms with Crippen molar-refractivity contribution >= 4 is 17.3 Å². The van der Waals surface area contributed by atoms with Gasteiger partial charge in [-0.2, -0.15) is 0 Å². The number of nitrogens with zero attached hydrogens (tertiary/aromatic N) is 1. The number of rotatable bonds is 5. The second-order valence-electron chi connectivity index (χ2n) is 5.87. The first-order valence-corrected chi connectivity index (χ1v) is 7.29. The number of nitrogens with one attached hydrogen (secondary N) is 1. The van der Waals surface area contributed by atoms with Gasteiger partial charge in [-0.1, -0.05) is 19.8 Å². The molecule has 1 saturated carbocycles. The number of anilines is 1. The summed E-state index contributed by atoms with van der Waals surface area (Å²) in [5.74, 6) is 0.641. The molecule has 2 rings (SSSR count). The van der Waals surface area contributed by atoms with Crippen molar-refractivity contribution in [3.8, 4) is 0 Å². The van der Waals surface area contributed by atoms with E-state index >= 15 is 0 Å². The minimum atomic E-state index is -0.584. The van der Waals surface area contributed by atoms with E-state index in [4.69, 9.17) is 5.73 Å². The molecule has 1 amide bonds. The van der Waals surface area contributed by atoms with E-state index < -0.39 is 10.8 Å². The predicted molar refractivity (Wildman–Crippen MR) is 81.2 cm³/mol. The number of benzene rings is 1. The van der Waals surface area contributed by atoms with Crippen molar-refractivity contribution < 1.29 is 9.72 Å². The summed E-state index contributed by atoms with van der Waals surface area (Å²) in [4.78, 5) is 21.8. The molecule has 21 heavy (non-hydrogen) atoms. The third-order valence-corrected chi connectivity index (χ3v) is 4.10. The number of primary amides is 1. The van der Waals surface area contributed by atoms with Crippen LogP contribution in [-0.2, 0) is 0 Å². The largest absolute Gasteiger partial charge is 0.379 e. The zero-order valence-corrected chi connectivity index (χ0v) is 12.2. The van der Waals surface area contributed by atoms with Gasteiger partial charge in [-0.05, 0) is 36.8 Å². The van der Waals surface area contributed by atoms with Crippen LogP contribution in [0.1, 0.15) is 43.0 Å². The van der Waals surface area contributed by atoms with Gasteiger partial charge in [0, 0.05) is 18.2 Å². The lowest BCUT2D eigenvalue weighted by atomic mass is 9.82. The van der Waals surface area contributed by atoms with Crippen molar-refractivity contribution in [1.82, 2.24) is 0 Å². The number of hydrogen-bond acceptors (Lipinski definition) is 4. The zero-order valence-electron chi connectivity index (χ0n) is 12.2. The van der Waals surface area contributed by atoms with Gasteiger partial charge in [0.05, 0.1) is 4.92 Å². The van der Waals surface area contributed by atoms with E-state index in [0.29, 0.717) is 24.1 Å². The highest BCUT2D eigenvalue weighted by Gasteiger charge is 2.21. The first-order valence-electron chi connectivity index (χ1n) is 7.29. The molecule has 0 spiro atoms. The lowest BCUT2D eigenvalue weighted by Crippen LogP contribution is -2.21. The number of nitrogens with two attached hydrogens (primary N) is 1. The Balaban J connectivity index is 2.11. The normalized spacial score (nSPS) is 21.8. The molecule has 1 aliphatic carbocycles. The number of hydrogen-bond donors (Lipinski definition) is 2. The van der Waals surface area contributed by atoms with E-state index in [1.54, 1.807) is 0 Å². The maximum absolute atomic E-state index is 11.2. The van der Waals surface area contributed by atoms with Gasteiger partial charge in [-0.15, -0.1) is 0 Å². The van der Waals surface area contributed by atoms with Crippen LogP contribution in [0.15, 0.2) is 18.2 Å². The molecule has 1 fully saturated rings. The maximum atomic E-state index is 11.2. The highest BCUT2D eigenvalue weighted by molar-refractivity contribution is 5.94. The number of carbonyl (C=O) groups excluding carboxylic acids is 1. The second-order valence-corrected chi connectivity index (χ2v) is 5.87. The van der Waals surface area contributed by atoms with Crippen molar-refractivity contribution in [3.05, 3.63) is 33.9 Å². The highest BCUT2D eigenvalue weighted by Crippen LogP contribution is 2.30. The highest BCUT2D eigenvalue weighted by atomic mass is 16.6. The fraction of sp³-hybridized carbons (Fsp3) is 0.533. The first kappa shape index (κ1) is 15.3. The first-order chi connectivity index (χ1) is 9.97. The van der Waals surface area contributed by atoms with Crippen molar-refractivity contribution in [2.45, 2.75) is 32.6 Å². The zero-order chi connectivity index (χ0) is 15.4. The molecule has 0 bridgehead atoms. The van der Waals surface area contributed by atoms with Crippen LogP contribution >= 0.6 is 0 Å². The third-order valence-electron chi connectivity index (χ3n) is 4.10. The average Bonchev–Trinajstić information content (AvgIpc) is 2.44. The van der Waals surface area contributed by atoms with Gasteiger partial charge in [0.15, 0.2) is 0 Å². The molecule has 1 aromatic rings. The van der Waals surface area contributed by atoms with E-state index in [1.807, 2.05) is 0 Å². The molecule has 6 nitrogen and oxygen atoms in total. The predicted octanol–water partition coefficient (Wildman–Crippen LogP) is 2.93. The molecular formula is C15H21N3O3. The van der Waals surface area contributed by atoms with Gasteiger partial charge in [0.1, 0.15) is 5.69 Å². The van der Waals surface area contributed by atoms with E-state index in [-0.39, 0.29) is 11.3 Å². The Morgan fingerprint density at radius 3 is 2.86 bits per heavy atom. The van der Waals surface area contributed by atoms with Crippen LogP contribution in [0.4, 0.5) is 11.4 Å². The second kappa shape index (κ2) is 6.56. The minimum absolute atomic E-state index is 0.0242. The minimum Gasteiger partial charge on any atom is -0.379 e. The van der Waals surface area contributed by atoms with E-state index in [9.17, 15) is 14.9 Å². The molecule has 2 atom stereocenters. The van der Waals surface area contributed by atoms with Crippen LogP contribution in [0.3, 0.4) is 0 Å². The number of amides is 1. The molecule has 1 aliphatic rings. The van der Waals surface area contributed by atoms with E-state index in [0.717, 1.165) is 12.8 Å². The van der Waals surface area contributed by atoms with Crippen LogP contribution < -0.4 is 11.1 Å². The molecule has 0 saturated heterocycles. The number of nitro benzene ring substituents is 1. The van der Waals surface area contributed by atoms with E-state index in [1.165, 1.54) is 31.0 Å². The Hall–Kier alpha value is -2.11. The molecule has 0 aromatic heterocycles. The molecule has 0 radical (unpaired) electrons. The Morgan fingerprint density at radius 1 is 1.48 bits per heavy atom. The van der Waals surface area contributed by atoms with Crippen molar-refractivity contribution in [2.24, 2.45) is 17.6 Å². The molecule has 114 valence electrons. The molecule has 0 heterocycles. The SMILES string of the molecule is CC1CCCC(CNc2cc(C(N)=O)ccc2[N+](=O)[O-])C1. The molecular weight excluding hydrogens is 270 g/mol. The molecule has 1 aromatic carbocycles. The van der Waals surface area contributed by atoms with Gasteiger partial charge in [0.25, 0.3) is 5.69 Å². The quantitative estimate of drug-likeness (QED) is 0.643. The summed E-state index contributed by atoms with van der Waals surface area (Å²) in [7, 11) is 0. The van der Waals surface area contributed by atoms with Crippen molar-refractivity contribution in [2.75, 3.05) is 11.9 Å². The topological polar surface area (TPSA) is 98.3 Å². The summed E-state index contributed by atoms with van der Waals surface area (Å²) in [6.07, 6.45) is 4.74. The molecule has 6 heteroatoms. The van der Waals surface area contributed by atoms with Crippen LogP contribution in [0.25, 0.3) is 0 Å². The molecule has 0 aliphatic heterocycles.